The van der Waals surface area contributed by atoms with E-state index in [1.807, 2.05) is 47.2 Å². The van der Waals surface area contributed by atoms with Crippen molar-refractivity contribution in [1.82, 2.24) is 19.6 Å². The van der Waals surface area contributed by atoms with Crippen molar-refractivity contribution in [3.8, 4) is 0 Å². The fourth-order valence-electron chi connectivity index (χ4n) is 3.25. The van der Waals surface area contributed by atoms with E-state index in [4.69, 9.17) is 5.73 Å². The number of nitrogens with zero attached hydrogens (tertiary/aromatic N) is 4. The molecule has 2 aromatic rings. The number of hydrogen-bond donors (Lipinski definition) is 1. The van der Waals surface area contributed by atoms with Gasteiger partial charge in [0.1, 0.15) is 0 Å². The molecule has 0 unspecified atom stereocenters. The Morgan fingerprint density at radius 3 is 2.48 bits per heavy atom. The quantitative estimate of drug-likeness (QED) is 0.732. The molecule has 1 amide bonds. The number of likely N-dealkylation sites (tertiary alicyclic amines) is 1. The van der Waals surface area contributed by atoms with Gasteiger partial charge in [0.05, 0.1) is 6.54 Å². The van der Waals surface area contributed by atoms with Crippen molar-refractivity contribution in [2.75, 3.05) is 32.4 Å². The number of carbonyl (C=O) groups is 1. The van der Waals surface area contributed by atoms with Crippen LogP contribution in [0.25, 0.3) is 0 Å². The third-order valence-electron chi connectivity index (χ3n) is 4.76. The Bertz CT molecular complexity index is 675. The molecule has 0 radical (unpaired) electrons. The maximum absolute atomic E-state index is 12.6. The minimum atomic E-state index is 0. The highest BCUT2D eigenvalue weighted by Crippen LogP contribution is 2.18. The zero-order valence-electron chi connectivity index (χ0n) is 15.4. The first kappa shape index (κ1) is 25.5. The average molecular weight is 437 g/mol. The van der Waals surface area contributed by atoms with E-state index in [2.05, 4.69) is 10.00 Å². The van der Waals surface area contributed by atoms with Crippen LogP contribution in [0.1, 0.15) is 23.2 Å². The molecule has 0 atom stereocenters. The van der Waals surface area contributed by atoms with Gasteiger partial charge in [-0.05, 0) is 37.1 Å². The van der Waals surface area contributed by atoms with Crippen molar-refractivity contribution in [3.63, 3.8) is 0 Å². The largest absolute Gasteiger partial charge is 0.399 e. The molecule has 1 aromatic carbocycles. The Hall–Kier alpha value is -1.47. The summed E-state index contributed by atoms with van der Waals surface area (Å²) < 4.78 is 1.96. The summed E-state index contributed by atoms with van der Waals surface area (Å²) in [4.78, 5) is 16.9. The van der Waals surface area contributed by atoms with Crippen LogP contribution in [0.3, 0.4) is 0 Å². The molecular formula is C18H28Cl3N5O. The van der Waals surface area contributed by atoms with Crippen LogP contribution in [0.5, 0.6) is 0 Å². The smallest absolute Gasteiger partial charge is 0.253 e. The molecule has 152 valence electrons. The third-order valence-corrected chi connectivity index (χ3v) is 4.76. The lowest BCUT2D eigenvalue weighted by Gasteiger charge is -2.36. The van der Waals surface area contributed by atoms with Gasteiger partial charge in [-0.3, -0.25) is 9.48 Å². The van der Waals surface area contributed by atoms with E-state index >= 15 is 0 Å². The van der Waals surface area contributed by atoms with E-state index in [9.17, 15) is 4.79 Å². The van der Waals surface area contributed by atoms with Crippen molar-refractivity contribution in [2.24, 2.45) is 0 Å². The standard InChI is InChI=1S/C18H25N5O.3ClH/c1-21(18(24)15-4-2-5-16(19)14-15)17-6-10-22(11-7-17)12-13-23-9-3-8-20-23;;;/h2-5,8-9,14,17H,6-7,10-13,19H2,1H3;3*1H. The maximum Gasteiger partial charge on any atom is 0.253 e. The summed E-state index contributed by atoms with van der Waals surface area (Å²) in [5.41, 5.74) is 7.08. The van der Waals surface area contributed by atoms with Crippen LogP contribution in [0.15, 0.2) is 42.7 Å². The van der Waals surface area contributed by atoms with Crippen molar-refractivity contribution in [2.45, 2.75) is 25.4 Å². The van der Waals surface area contributed by atoms with Crippen molar-refractivity contribution in [1.29, 1.82) is 0 Å². The maximum atomic E-state index is 12.6. The average Bonchev–Trinajstić information content (AvgIpc) is 3.13. The molecule has 1 saturated heterocycles. The molecule has 1 fully saturated rings. The Labute approximate surface area is 179 Å². The Morgan fingerprint density at radius 1 is 1.19 bits per heavy atom. The summed E-state index contributed by atoms with van der Waals surface area (Å²) in [6, 6.07) is 9.44. The van der Waals surface area contributed by atoms with Crippen molar-refractivity contribution >= 4 is 48.8 Å². The monoisotopic (exact) mass is 435 g/mol. The van der Waals surface area contributed by atoms with E-state index in [0.717, 1.165) is 39.0 Å². The summed E-state index contributed by atoms with van der Waals surface area (Å²) in [6.45, 7) is 3.94. The van der Waals surface area contributed by atoms with Gasteiger partial charge in [0, 0.05) is 56.4 Å². The molecular weight excluding hydrogens is 409 g/mol. The molecule has 0 bridgehead atoms. The van der Waals surface area contributed by atoms with Crippen molar-refractivity contribution < 1.29 is 4.79 Å². The molecule has 3 rings (SSSR count). The van der Waals surface area contributed by atoms with Gasteiger partial charge in [-0.25, -0.2) is 0 Å². The number of carbonyl (C=O) groups excluding carboxylic acids is 1. The van der Waals surface area contributed by atoms with Crippen LogP contribution in [0, 0.1) is 0 Å². The van der Waals surface area contributed by atoms with E-state index in [1.165, 1.54) is 0 Å². The van der Waals surface area contributed by atoms with Crippen LogP contribution >= 0.6 is 37.2 Å². The van der Waals surface area contributed by atoms with Gasteiger partial charge < -0.3 is 15.5 Å². The minimum Gasteiger partial charge on any atom is -0.399 e. The van der Waals surface area contributed by atoms with Gasteiger partial charge in [0.15, 0.2) is 0 Å². The molecule has 0 aliphatic carbocycles. The lowest BCUT2D eigenvalue weighted by Crippen LogP contribution is -2.46. The first-order chi connectivity index (χ1) is 11.6. The van der Waals surface area contributed by atoms with Gasteiger partial charge in [-0.1, -0.05) is 6.07 Å². The normalized spacial score (nSPS) is 14.4. The number of amides is 1. The minimum absolute atomic E-state index is 0. The van der Waals surface area contributed by atoms with Crippen LogP contribution in [-0.4, -0.2) is 58.2 Å². The SMILES string of the molecule is CN(C(=O)c1cccc(N)c1)C1CCN(CCn2cccn2)CC1.Cl.Cl.Cl. The highest BCUT2D eigenvalue weighted by Gasteiger charge is 2.25. The summed E-state index contributed by atoms with van der Waals surface area (Å²) in [7, 11) is 1.90. The Kier molecular flexibility index (Phi) is 11.4. The number of rotatable bonds is 5. The van der Waals surface area contributed by atoms with Crippen molar-refractivity contribution in [3.05, 3.63) is 48.3 Å². The predicted octanol–water partition coefficient (Wildman–Crippen LogP) is 2.97. The van der Waals surface area contributed by atoms with Gasteiger partial charge in [-0.15, -0.1) is 37.2 Å². The second kappa shape index (κ2) is 12.1. The number of aromatic nitrogens is 2. The lowest BCUT2D eigenvalue weighted by atomic mass is 10.0. The fourth-order valence-corrected chi connectivity index (χ4v) is 3.25. The summed E-state index contributed by atoms with van der Waals surface area (Å²) in [6.07, 6.45) is 5.81. The molecule has 2 heterocycles. The molecule has 27 heavy (non-hydrogen) atoms. The first-order valence-electron chi connectivity index (χ1n) is 8.46. The zero-order valence-corrected chi connectivity index (χ0v) is 17.8. The molecule has 9 heteroatoms. The Morgan fingerprint density at radius 2 is 1.89 bits per heavy atom. The Balaban J connectivity index is 0.00000225. The molecule has 1 aliphatic heterocycles. The van der Waals surface area contributed by atoms with E-state index < -0.39 is 0 Å². The number of hydrogen-bond acceptors (Lipinski definition) is 4. The molecule has 0 spiro atoms. The number of piperidine rings is 1. The van der Waals surface area contributed by atoms with Crippen LogP contribution < -0.4 is 5.73 Å². The van der Waals surface area contributed by atoms with E-state index in [0.29, 0.717) is 17.3 Å². The second-order valence-corrected chi connectivity index (χ2v) is 6.38. The molecule has 6 nitrogen and oxygen atoms in total. The summed E-state index contributed by atoms with van der Waals surface area (Å²) >= 11 is 0. The van der Waals surface area contributed by atoms with Crippen LogP contribution in [-0.2, 0) is 6.54 Å². The van der Waals surface area contributed by atoms with Gasteiger partial charge in [0.2, 0.25) is 0 Å². The first-order valence-corrected chi connectivity index (χ1v) is 8.46. The lowest BCUT2D eigenvalue weighted by molar-refractivity contribution is 0.0639. The molecule has 0 saturated carbocycles. The molecule has 2 N–H and O–H groups in total. The number of halogens is 3. The number of anilines is 1. The third kappa shape index (κ3) is 6.88. The van der Waals surface area contributed by atoms with Crippen LogP contribution in [0.4, 0.5) is 5.69 Å². The van der Waals surface area contributed by atoms with Gasteiger partial charge in [-0.2, -0.15) is 5.10 Å². The fraction of sp³-hybridized carbons (Fsp3) is 0.444. The highest BCUT2D eigenvalue weighted by atomic mass is 35.5. The summed E-state index contributed by atoms with van der Waals surface area (Å²) in [5.74, 6) is 0.0530. The zero-order chi connectivity index (χ0) is 16.9. The van der Waals surface area contributed by atoms with E-state index in [-0.39, 0.29) is 43.1 Å². The molecule has 1 aromatic heterocycles. The topological polar surface area (TPSA) is 67.4 Å². The number of benzene rings is 1. The van der Waals surface area contributed by atoms with Gasteiger partial charge >= 0.3 is 0 Å². The van der Waals surface area contributed by atoms with E-state index in [1.54, 1.807) is 12.1 Å². The predicted molar refractivity (Wildman–Crippen MR) is 116 cm³/mol. The highest BCUT2D eigenvalue weighted by molar-refractivity contribution is 5.95. The number of nitrogens with two attached hydrogens (primary N) is 1. The van der Waals surface area contributed by atoms with Crippen LogP contribution in [0.2, 0.25) is 0 Å². The number of nitrogen functional groups attached to an aromatic ring is 1. The molecule has 1 aliphatic rings. The second-order valence-electron chi connectivity index (χ2n) is 6.38. The summed E-state index contributed by atoms with van der Waals surface area (Å²) in [5, 5.41) is 4.23. The van der Waals surface area contributed by atoms with Gasteiger partial charge in [0.25, 0.3) is 5.91 Å².